The van der Waals surface area contributed by atoms with Gasteiger partial charge in [0.2, 0.25) is 0 Å². The Morgan fingerprint density at radius 1 is 0.875 bits per heavy atom. The van der Waals surface area contributed by atoms with E-state index in [0.29, 0.717) is 28.5 Å². The van der Waals surface area contributed by atoms with Crippen molar-refractivity contribution in [3.8, 4) is 39.8 Å². The van der Waals surface area contributed by atoms with E-state index in [1.54, 1.807) is 44.6 Å². The van der Waals surface area contributed by atoms with Crippen molar-refractivity contribution in [3.63, 3.8) is 0 Å². The van der Waals surface area contributed by atoms with Gasteiger partial charge in [0.1, 0.15) is 17.2 Å². The van der Waals surface area contributed by atoms with E-state index in [4.69, 9.17) is 18.6 Å². The molecular formula is C18H16FNO4. The van der Waals surface area contributed by atoms with Gasteiger partial charge < -0.3 is 18.6 Å². The molecule has 3 rings (SSSR count). The molecule has 0 unspecified atom stereocenters. The molecule has 0 aliphatic rings. The first-order valence-corrected chi connectivity index (χ1v) is 7.17. The number of halogens is 1. The lowest BCUT2D eigenvalue weighted by molar-refractivity contribution is 0.386. The van der Waals surface area contributed by atoms with Crippen LogP contribution in [0.4, 0.5) is 4.39 Å². The van der Waals surface area contributed by atoms with Gasteiger partial charge in [0.15, 0.2) is 23.7 Å². The summed E-state index contributed by atoms with van der Waals surface area (Å²) < 4.78 is 35.0. The minimum atomic E-state index is -0.466. The fourth-order valence-electron chi connectivity index (χ4n) is 2.41. The number of oxazole rings is 1. The van der Waals surface area contributed by atoms with E-state index in [1.807, 2.05) is 0 Å². The quantitative estimate of drug-likeness (QED) is 0.703. The molecule has 5 nitrogen and oxygen atoms in total. The van der Waals surface area contributed by atoms with Crippen molar-refractivity contribution in [1.82, 2.24) is 4.98 Å². The van der Waals surface area contributed by atoms with Crippen LogP contribution < -0.4 is 14.2 Å². The van der Waals surface area contributed by atoms with E-state index in [1.165, 1.54) is 19.6 Å². The molecule has 0 radical (unpaired) electrons. The molecule has 0 amide bonds. The van der Waals surface area contributed by atoms with E-state index < -0.39 is 5.82 Å². The summed E-state index contributed by atoms with van der Waals surface area (Å²) in [6.07, 6.45) is 1.32. The summed E-state index contributed by atoms with van der Waals surface area (Å²) >= 11 is 0. The predicted octanol–water partition coefficient (Wildman–Crippen LogP) is 4.17. The van der Waals surface area contributed by atoms with Crippen LogP contribution in [0.2, 0.25) is 0 Å². The number of benzene rings is 2. The predicted molar refractivity (Wildman–Crippen MR) is 87.0 cm³/mol. The van der Waals surface area contributed by atoms with Crippen LogP contribution in [0.3, 0.4) is 0 Å². The molecule has 24 heavy (non-hydrogen) atoms. The molecule has 0 spiro atoms. The Morgan fingerprint density at radius 3 is 2.17 bits per heavy atom. The van der Waals surface area contributed by atoms with Gasteiger partial charge in [0.05, 0.1) is 21.3 Å². The highest BCUT2D eigenvalue weighted by Crippen LogP contribution is 2.36. The highest BCUT2D eigenvalue weighted by molar-refractivity contribution is 5.78. The van der Waals surface area contributed by atoms with E-state index in [9.17, 15) is 4.39 Å². The summed E-state index contributed by atoms with van der Waals surface area (Å²) in [5, 5.41) is 0. The lowest BCUT2D eigenvalue weighted by atomic mass is 10.0. The van der Waals surface area contributed by atoms with E-state index in [2.05, 4.69) is 4.98 Å². The van der Waals surface area contributed by atoms with E-state index in [-0.39, 0.29) is 5.75 Å². The van der Waals surface area contributed by atoms with Crippen LogP contribution in [-0.2, 0) is 0 Å². The van der Waals surface area contributed by atoms with Crippen molar-refractivity contribution in [2.45, 2.75) is 0 Å². The standard InChI is InChI=1S/C18H16FNO4/c1-21-13-6-12(7-14(9-13)22-2)18-17(20-10-24-18)11-4-5-16(23-3)15(19)8-11/h4-10H,1-3H3. The van der Waals surface area contributed by atoms with Crippen molar-refractivity contribution in [2.24, 2.45) is 0 Å². The summed E-state index contributed by atoms with van der Waals surface area (Å²) in [6, 6.07) is 9.99. The minimum absolute atomic E-state index is 0.173. The highest BCUT2D eigenvalue weighted by atomic mass is 19.1. The minimum Gasteiger partial charge on any atom is -0.497 e. The number of hydrogen-bond donors (Lipinski definition) is 0. The molecule has 6 heteroatoms. The molecule has 124 valence electrons. The number of nitrogens with zero attached hydrogens (tertiary/aromatic N) is 1. The van der Waals surface area contributed by atoms with Crippen LogP contribution in [-0.4, -0.2) is 26.3 Å². The van der Waals surface area contributed by atoms with Crippen LogP contribution in [0.15, 0.2) is 47.2 Å². The lowest BCUT2D eigenvalue weighted by Gasteiger charge is -2.08. The smallest absolute Gasteiger partial charge is 0.182 e. The molecule has 3 aromatic rings. The molecule has 0 fully saturated rings. The zero-order valence-corrected chi connectivity index (χ0v) is 13.5. The Kier molecular flexibility index (Phi) is 4.37. The zero-order chi connectivity index (χ0) is 17.1. The molecular weight excluding hydrogens is 313 g/mol. The van der Waals surface area contributed by atoms with Gasteiger partial charge in [-0.15, -0.1) is 0 Å². The third kappa shape index (κ3) is 2.90. The summed E-state index contributed by atoms with van der Waals surface area (Å²) in [7, 11) is 4.56. The topological polar surface area (TPSA) is 53.7 Å². The van der Waals surface area contributed by atoms with Crippen LogP contribution in [0.25, 0.3) is 22.6 Å². The van der Waals surface area contributed by atoms with Crippen LogP contribution in [0.5, 0.6) is 17.2 Å². The maximum atomic E-state index is 14.0. The van der Waals surface area contributed by atoms with Crippen molar-refractivity contribution in [1.29, 1.82) is 0 Å². The average Bonchev–Trinajstić information content (AvgIpc) is 3.10. The Bertz CT molecular complexity index is 838. The second-order valence-corrected chi connectivity index (χ2v) is 4.98. The van der Waals surface area contributed by atoms with Crippen LogP contribution in [0.1, 0.15) is 0 Å². The fourth-order valence-corrected chi connectivity index (χ4v) is 2.41. The van der Waals surface area contributed by atoms with Crippen molar-refractivity contribution in [3.05, 3.63) is 48.6 Å². The van der Waals surface area contributed by atoms with E-state index >= 15 is 0 Å². The Balaban J connectivity index is 2.10. The Labute approximate surface area is 138 Å². The summed E-state index contributed by atoms with van der Waals surface area (Å²) in [4.78, 5) is 4.21. The largest absolute Gasteiger partial charge is 0.497 e. The van der Waals surface area contributed by atoms with Crippen LogP contribution >= 0.6 is 0 Å². The molecule has 0 saturated heterocycles. The first-order valence-electron chi connectivity index (χ1n) is 7.17. The Morgan fingerprint density at radius 2 is 1.58 bits per heavy atom. The fraction of sp³-hybridized carbons (Fsp3) is 0.167. The maximum absolute atomic E-state index is 14.0. The molecule has 1 heterocycles. The second-order valence-electron chi connectivity index (χ2n) is 4.98. The average molecular weight is 329 g/mol. The molecule has 0 bridgehead atoms. The maximum Gasteiger partial charge on any atom is 0.182 e. The van der Waals surface area contributed by atoms with Gasteiger partial charge in [-0.2, -0.15) is 0 Å². The molecule has 0 N–H and O–H groups in total. The second kappa shape index (κ2) is 6.62. The number of methoxy groups -OCH3 is 3. The van der Waals surface area contributed by atoms with Crippen molar-refractivity contribution < 1.29 is 23.0 Å². The van der Waals surface area contributed by atoms with E-state index in [0.717, 1.165) is 5.56 Å². The highest BCUT2D eigenvalue weighted by Gasteiger charge is 2.16. The molecule has 0 aliphatic carbocycles. The van der Waals surface area contributed by atoms with Crippen molar-refractivity contribution in [2.75, 3.05) is 21.3 Å². The molecule has 0 aliphatic heterocycles. The zero-order valence-electron chi connectivity index (χ0n) is 13.5. The Hall–Kier alpha value is -3.02. The molecule has 1 aromatic heterocycles. The first-order chi connectivity index (χ1) is 11.7. The number of aromatic nitrogens is 1. The van der Waals surface area contributed by atoms with Gasteiger partial charge in [0, 0.05) is 17.2 Å². The molecule has 0 atom stereocenters. The van der Waals surface area contributed by atoms with Gasteiger partial charge >= 0.3 is 0 Å². The third-order valence-corrected chi connectivity index (χ3v) is 3.61. The number of ether oxygens (including phenoxy) is 3. The number of rotatable bonds is 5. The van der Waals surface area contributed by atoms with Crippen LogP contribution in [0, 0.1) is 5.82 Å². The normalized spacial score (nSPS) is 10.5. The van der Waals surface area contributed by atoms with Gasteiger partial charge in [-0.05, 0) is 30.3 Å². The number of hydrogen-bond acceptors (Lipinski definition) is 5. The lowest BCUT2D eigenvalue weighted by Crippen LogP contribution is -1.91. The van der Waals surface area contributed by atoms with Gasteiger partial charge in [-0.3, -0.25) is 0 Å². The first kappa shape index (κ1) is 15.9. The van der Waals surface area contributed by atoms with Gasteiger partial charge in [-0.1, -0.05) is 0 Å². The molecule has 0 saturated carbocycles. The summed E-state index contributed by atoms with van der Waals surface area (Å²) in [5.41, 5.74) is 1.82. The monoisotopic (exact) mass is 329 g/mol. The third-order valence-electron chi connectivity index (χ3n) is 3.61. The van der Waals surface area contributed by atoms with Crippen molar-refractivity contribution >= 4 is 0 Å². The molecule has 2 aromatic carbocycles. The van der Waals surface area contributed by atoms with Gasteiger partial charge in [0.25, 0.3) is 0 Å². The SMILES string of the molecule is COc1cc(OC)cc(-c2ocnc2-c2ccc(OC)c(F)c2)c1. The summed E-state index contributed by atoms with van der Waals surface area (Å²) in [6.45, 7) is 0. The van der Waals surface area contributed by atoms with Gasteiger partial charge in [-0.25, -0.2) is 9.37 Å². The summed E-state index contributed by atoms with van der Waals surface area (Å²) in [5.74, 6) is 1.44.